The molecule has 1 N–H and O–H groups in total. The van der Waals surface area contributed by atoms with Crippen LogP contribution in [0.4, 0.5) is 5.69 Å². The molecule has 2 aromatic carbocycles. The molecule has 0 saturated heterocycles. The van der Waals surface area contributed by atoms with Crippen LogP contribution < -0.4 is 11.1 Å². The zero-order valence-corrected chi connectivity index (χ0v) is 10.7. The van der Waals surface area contributed by atoms with Gasteiger partial charge in [-0.2, -0.15) is 0 Å². The Morgan fingerprint density at radius 1 is 1.16 bits per heavy atom. The second-order valence-electron chi connectivity index (χ2n) is 4.11. The van der Waals surface area contributed by atoms with Gasteiger partial charge in [0.15, 0.2) is 5.58 Å². The van der Waals surface area contributed by atoms with Gasteiger partial charge in [-0.1, -0.05) is 29.8 Å². The van der Waals surface area contributed by atoms with Crippen molar-refractivity contribution < 1.29 is 4.42 Å². The SMILES string of the molecule is O=c1oc2cc(Cl)ccc2n1CNc1ccccc1. The first-order valence-corrected chi connectivity index (χ1v) is 6.20. The van der Waals surface area contributed by atoms with Gasteiger partial charge in [-0.15, -0.1) is 0 Å². The number of nitrogens with one attached hydrogen (secondary N) is 1. The smallest absolute Gasteiger partial charge is 0.408 e. The highest BCUT2D eigenvalue weighted by Gasteiger charge is 2.08. The van der Waals surface area contributed by atoms with E-state index in [1.807, 2.05) is 30.3 Å². The Labute approximate surface area is 114 Å². The van der Waals surface area contributed by atoms with Gasteiger partial charge in [-0.05, 0) is 24.3 Å². The average Bonchev–Trinajstić information content (AvgIpc) is 2.72. The van der Waals surface area contributed by atoms with E-state index in [-0.39, 0.29) is 0 Å². The lowest BCUT2D eigenvalue weighted by atomic mass is 10.3. The molecule has 19 heavy (non-hydrogen) atoms. The van der Waals surface area contributed by atoms with E-state index >= 15 is 0 Å². The number of para-hydroxylation sites is 1. The molecular formula is C14H11ClN2O2. The number of halogens is 1. The van der Waals surface area contributed by atoms with Gasteiger partial charge in [0, 0.05) is 16.8 Å². The number of hydrogen-bond acceptors (Lipinski definition) is 3. The Morgan fingerprint density at radius 3 is 2.74 bits per heavy atom. The van der Waals surface area contributed by atoms with Gasteiger partial charge in [0.05, 0.1) is 12.2 Å². The van der Waals surface area contributed by atoms with Crippen LogP contribution in [0.15, 0.2) is 57.7 Å². The second-order valence-corrected chi connectivity index (χ2v) is 4.55. The summed E-state index contributed by atoms with van der Waals surface area (Å²) in [5, 5.41) is 3.71. The van der Waals surface area contributed by atoms with E-state index < -0.39 is 5.76 Å². The fourth-order valence-electron chi connectivity index (χ4n) is 1.92. The summed E-state index contributed by atoms with van der Waals surface area (Å²) >= 11 is 5.87. The van der Waals surface area contributed by atoms with Crippen LogP contribution in [-0.4, -0.2) is 4.57 Å². The second kappa shape index (κ2) is 4.82. The van der Waals surface area contributed by atoms with Gasteiger partial charge >= 0.3 is 5.76 Å². The zero-order chi connectivity index (χ0) is 13.2. The molecule has 0 fully saturated rings. The van der Waals surface area contributed by atoms with Crippen molar-refractivity contribution in [2.45, 2.75) is 6.67 Å². The molecule has 5 heteroatoms. The fraction of sp³-hybridized carbons (Fsp3) is 0.0714. The van der Waals surface area contributed by atoms with E-state index in [1.165, 1.54) is 4.57 Å². The molecule has 0 bridgehead atoms. The third-order valence-corrected chi connectivity index (χ3v) is 3.08. The van der Waals surface area contributed by atoms with Gasteiger partial charge < -0.3 is 9.73 Å². The normalized spacial score (nSPS) is 10.8. The highest BCUT2D eigenvalue weighted by molar-refractivity contribution is 6.31. The summed E-state index contributed by atoms with van der Waals surface area (Å²) in [6.07, 6.45) is 0. The number of anilines is 1. The summed E-state index contributed by atoms with van der Waals surface area (Å²) in [4.78, 5) is 11.8. The average molecular weight is 275 g/mol. The summed E-state index contributed by atoms with van der Waals surface area (Å²) in [5.41, 5.74) is 2.16. The summed E-state index contributed by atoms with van der Waals surface area (Å²) in [7, 11) is 0. The number of rotatable bonds is 3. The van der Waals surface area contributed by atoms with E-state index in [1.54, 1.807) is 18.2 Å². The molecular weight excluding hydrogens is 264 g/mol. The Kier molecular flexibility index (Phi) is 3.01. The molecule has 0 aliphatic carbocycles. The van der Waals surface area contributed by atoms with Crippen molar-refractivity contribution in [3.05, 3.63) is 64.1 Å². The lowest BCUT2D eigenvalue weighted by Gasteiger charge is -2.06. The predicted octanol–water partition coefficient (Wildman–Crippen LogP) is 3.32. The molecule has 1 aromatic heterocycles. The monoisotopic (exact) mass is 274 g/mol. The number of nitrogens with zero attached hydrogens (tertiary/aromatic N) is 1. The van der Waals surface area contributed by atoms with Gasteiger partial charge in [-0.25, -0.2) is 4.79 Å². The molecule has 0 aliphatic heterocycles. The first-order valence-electron chi connectivity index (χ1n) is 5.82. The largest absolute Gasteiger partial charge is 0.421 e. The first-order chi connectivity index (χ1) is 9.24. The predicted molar refractivity (Wildman–Crippen MR) is 75.5 cm³/mol. The third-order valence-electron chi connectivity index (χ3n) is 2.85. The number of benzene rings is 2. The van der Waals surface area contributed by atoms with Crippen molar-refractivity contribution in [3.8, 4) is 0 Å². The summed E-state index contributed by atoms with van der Waals surface area (Å²) < 4.78 is 6.68. The standard InChI is InChI=1S/C14H11ClN2O2/c15-10-6-7-12-13(8-10)19-14(18)17(12)9-16-11-4-2-1-3-5-11/h1-8,16H,9H2. The number of hydrogen-bond donors (Lipinski definition) is 1. The molecule has 3 aromatic rings. The van der Waals surface area contributed by atoms with E-state index in [2.05, 4.69) is 5.32 Å². The fourth-order valence-corrected chi connectivity index (χ4v) is 2.08. The van der Waals surface area contributed by atoms with Crippen LogP contribution in [0.5, 0.6) is 0 Å². The molecule has 0 amide bonds. The van der Waals surface area contributed by atoms with Crippen LogP contribution in [0.2, 0.25) is 5.02 Å². The summed E-state index contributed by atoms with van der Waals surface area (Å²) in [6.45, 7) is 0.345. The molecule has 0 radical (unpaired) electrons. The minimum absolute atomic E-state index is 0.345. The van der Waals surface area contributed by atoms with Crippen LogP contribution in [0.25, 0.3) is 11.1 Å². The Bertz CT molecular complexity index is 762. The number of aromatic nitrogens is 1. The van der Waals surface area contributed by atoms with Gasteiger partial charge in [0.25, 0.3) is 0 Å². The highest BCUT2D eigenvalue weighted by Crippen LogP contribution is 2.18. The van der Waals surface area contributed by atoms with E-state index in [4.69, 9.17) is 16.0 Å². The maximum Gasteiger partial charge on any atom is 0.421 e. The lowest BCUT2D eigenvalue weighted by Crippen LogP contribution is -2.19. The van der Waals surface area contributed by atoms with Crippen molar-refractivity contribution in [2.75, 3.05) is 5.32 Å². The first kappa shape index (κ1) is 11.9. The maximum absolute atomic E-state index is 11.8. The van der Waals surface area contributed by atoms with Crippen molar-refractivity contribution >= 4 is 28.4 Å². The van der Waals surface area contributed by atoms with Gasteiger partial charge in [0.1, 0.15) is 0 Å². The third kappa shape index (κ3) is 2.35. The van der Waals surface area contributed by atoms with Crippen molar-refractivity contribution in [1.29, 1.82) is 0 Å². The van der Waals surface area contributed by atoms with E-state index in [0.29, 0.717) is 17.3 Å². The topological polar surface area (TPSA) is 47.2 Å². The van der Waals surface area contributed by atoms with Gasteiger partial charge in [-0.3, -0.25) is 4.57 Å². The van der Waals surface area contributed by atoms with Crippen LogP contribution in [0.1, 0.15) is 0 Å². The summed E-state index contributed by atoms with van der Waals surface area (Å²) in [5.74, 6) is -0.402. The van der Waals surface area contributed by atoms with Crippen molar-refractivity contribution in [3.63, 3.8) is 0 Å². The van der Waals surface area contributed by atoms with E-state index in [9.17, 15) is 4.79 Å². The molecule has 0 aliphatic rings. The molecule has 3 rings (SSSR count). The number of fused-ring (bicyclic) bond motifs is 1. The maximum atomic E-state index is 11.8. The molecule has 96 valence electrons. The molecule has 0 spiro atoms. The highest BCUT2D eigenvalue weighted by atomic mass is 35.5. The molecule has 0 unspecified atom stereocenters. The minimum atomic E-state index is -0.402. The molecule has 4 nitrogen and oxygen atoms in total. The molecule has 1 heterocycles. The van der Waals surface area contributed by atoms with Crippen molar-refractivity contribution in [2.24, 2.45) is 0 Å². The van der Waals surface area contributed by atoms with Crippen LogP contribution in [0.3, 0.4) is 0 Å². The van der Waals surface area contributed by atoms with Crippen LogP contribution >= 0.6 is 11.6 Å². The summed E-state index contributed by atoms with van der Waals surface area (Å²) in [6, 6.07) is 14.8. The Balaban J connectivity index is 1.93. The Hall–Kier alpha value is -2.20. The Morgan fingerprint density at radius 2 is 1.95 bits per heavy atom. The quantitative estimate of drug-likeness (QED) is 0.797. The molecule has 0 atom stereocenters. The van der Waals surface area contributed by atoms with Crippen LogP contribution in [0, 0.1) is 0 Å². The van der Waals surface area contributed by atoms with Crippen LogP contribution in [-0.2, 0) is 6.67 Å². The van der Waals surface area contributed by atoms with Gasteiger partial charge in [0.2, 0.25) is 0 Å². The van der Waals surface area contributed by atoms with Crippen molar-refractivity contribution in [1.82, 2.24) is 4.57 Å². The molecule has 0 saturated carbocycles. The lowest BCUT2D eigenvalue weighted by molar-refractivity contribution is 0.515. The minimum Gasteiger partial charge on any atom is -0.408 e. The number of oxazole rings is 1. The zero-order valence-electron chi connectivity index (χ0n) is 9.97. The van der Waals surface area contributed by atoms with E-state index in [0.717, 1.165) is 11.2 Å².